The second-order valence-electron chi connectivity index (χ2n) is 7.39. The van der Waals surface area contributed by atoms with Crippen LogP contribution in [0.2, 0.25) is 0 Å². The highest BCUT2D eigenvalue weighted by Crippen LogP contribution is 2.64. The van der Waals surface area contributed by atoms with E-state index in [1.807, 2.05) is 50.2 Å². The van der Waals surface area contributed by atoms with Gasteiger partial charge in [-0.05, 0) is 43.5 Å². The lowest BCUT2D eigenvalue weighted by Gasteiger charge is -2.17. The maximum atomic E-state index is 13.5. The monoisotopic (exact) mass is 417 g/mol. The van der Waals surface area contributed by atoms with Gasteiger partial charge in [-0.1, -0.05) is 61.1 Å². The van der Waals surface area contributed by atoms with Crippen molar-refractivity contribution in [3.8, 4) is 0 Å². The van der Waals surface area contributed by atoms with E-state index in [2.05, 4.69) is 6.92 Å². The molecule has 4 nitrogen and oxygen atoms in total. The van der Waals surface area contributed by atoms with E-state index in [0.717, 1.165) is 17.5 Å². The first-order valence-electron chi connectivity index (χ1n) is 9.56. The zero-order chi connectivity index (χ0) is 20.5. The summed E-state index contributed by atoms with van der Waals surface area (Å²) in [4.78, 5) is 0.499. The highest BCUT2D eigenvalue weighted by molar-refractivity contribution is 7.92. The summed E-state index contributed by atoms with van der Waals surface area (Å²) < 4.78 is 32.7. The highest BCUT2D eigenvalue weighted by atomic mass is 32.2. The quantitative estimate of drug-likeness (QED) is 0.662. The third-order valence-corrected chi connectivity index (χ3v) is 8.36. The molecule has 3 rings (SSSR count). The molecule has 150 valence electrons. The number of thiocarbonyl (C=S) groups is 1. The van der Waals surface area contributed by atoms with Crippen LogP contribution in [0.5, 0.6) is 0 Å². The van der Waals surface area contributed by atoms with E-state index in [9.17, 15) is 8.42 Å². The Balaban J connectivity index is 2.08. The second-order valence-corrected chi connectivity index (χ2v) is 9.90. The summed E-state index contributed by atoms with van der Waals surface area (Å²) in [5, 5.41) is -0.723. The van der Waals surface area contributed by atoms with Crippen LogP contribution in [-0.4, -0.2) is 31.9 Å². The van der Waals surface area contributed by atoms with Crippen molar-refractivity contribution in [2.75, 3.05) is 13.2 Å². The molecule has 1 fully saturated rings. The Labute approximate surface area is 173 Å². The van der Waals surface area contributed by atoms with Crippen LogP contribution in [0.4, 0.5) is 0 Å². The summed E-state index contributed by atoms with van der Waals surface area (Å²) in [5.74, 6) is -0.311. The van der Waals surface area contributed by atoms with Gasteiger partial charge >= 0.3 is 0 Å². The van der Waals surface area contributed by atoms with Gasteiger partial charge in [-0.15, -0.1) is 0 Å². The van der Waals surface area contributed by atoms with Crippen LogP contribution in [0, 0.1) is 12.3 Å². The van der Waals surface area contributed by atoms with E-state index in [4.69, 9.17) is 22.7 Å². The normalized spacial score (nSPS) is 24.1. The summed E-state index contributed by atoms with van der Waals surface area (Å²) in [6.45, 7) is 6.58. The molecule has 0 saturated heterocycles. The molecule has 1 saturated carbocycles. The summed E-state index contributed by atoms with van der Waals surface area (Å²) in [5.41, 5.74) is 8.40. The number of hydrogen-bond donors (Lipinski definition) is 1. The van der Waals surface area contributed by atoms with Crippen LogP contribution < -0.4 is 5.73 Å². The van der Waals surface area contributed by atoms with Gasteiger partial charge in [0.05, 0.1) is 27.2 Å². The lowest BCUT2D eigenvalue weighted by Crippen LogP contribution is -2.33. The molecule has 1 aliphatic rings. The molecule has 2 aromatic rings. The average Bonchev–Trinajstić information content (AvgIpc) is 3.38. The van der Waals surface area contributed by atoms with Gasteiger partial charge in [0.1, 0.15) is 0 Å². The van der Waals surface area contributed by atoms with Gasteiger partial charge < -0.3 is 10.5 Å². The smallest absolute Gasteiger partial charge is 0.182 e. The molecule has 0 radical (unpaired) electrons. The minimum absolute atomic E-state index is 0.200. The fraction of sp³-hybridized carbons (Fsp3) is 0.409. The summed E-state index contributed by atoms with van der Waals surface area (Å²) in [7, 11) is -3.63. The van der Waals surface area contributed by atoms with Gasteiger partial charge in [-0.25, -0.2) is 8.42 Å². The van der Waals surface area contributed by atoms with Crippen molar-refractivity contribution in [2.24, 2.45) is 11.1 Å². The maximum absolute atomic E-state index is 13.5. The molecule has 0 heterocycles. The third kappa shape index (κ3) is 3.49. The van der Waals surface area contributed by atoms with Crippen LogP contribution in [0.15, 0.2) is 53.4 Å². The average molecular weight is 418 g/mol. The Morgan fingerprint density at radius 3 is 2.21 bits per heavy atom. The number of benzene rings is 2. The van der Waals surface area contributed by atoms with Crippen molar-refractivity contribution in [3.63, 3.8) is 0 Å². The molecule has 0 aromatic heterocycles. The Hall–Kier alpha value is -1.76. The van der Waals surface area contributed by atoms with Crippen LogP contribution in [0.3, 0.4) is 0 Å². The molecule has 0 aliphatic heterocycles. The number of nitrogens with two attached hydrogens (primary N) is 1. The second kappa shape index (κ2) is 7.93. The summed E-state index contributed by atoms with van der Waals surface area (Å²) >= 11 is 5.38. The van der Waals surface area contributed by atoms with Crippen LogP contribution >= 0.6 is 12.2 Å². The van der Waals surface area contributed by atoms with E-state index in [0.29, 0.717) is 11.5 Å². The van der Waals surface area contributed by atoms with E-state index in [1.54, 1.807) is 12.1 Å². The fourth-order valence-corrected chi connectivity index (χ4v) is 6.75. The Bertz CT molecular complexity index is 952. The molecule has 0 bridgehead atoms. The first kappa shape index (κ1) is 21.0. The van der Waals surface area contributed by atoms with Gasteiger partial charge in [-0.2, -0.15) is 0 Å². The predicted octanol–water partition coefficient (Wildman–Crippen LogP) is 3.81. The van der Waals surface area contributed by atoms with Crippen molar-refractivity contribution in [3.05, 3.63) is 65.2 Å². The third-order valence-electron chi connectivity index (χ3n) is 5.69. The van der Waals surface area contributed by atoms with Gasteiger partial charge in [-0.3, -0.25) is 0 Å². The van der Waals surface area contributed by atoms with Gasteiger partial charge in [0.25, 0.3) is 0 Å². The first-order valence-corrected chi connectivity index (χ1v) is 11.5. The Morgan fingerprint density at radius 2 is 1.71 bits per heavy atom. The standard InChI is InChI=1S/C22H27NO3S2/c1-4-16-8-10-17(11-9-16)19-20(22(19,21(23)27)14-26-5-2)28(24,25)18-12-6-15(3)7-13-18/h6-13,19-20H,4-5,14H2,1-3H3,(H2,23,27)/t19-,20+,22-/m0/s1. The summed E-state index contributed by atoms with van der Waals surface area (Å²) in [6, 6.07) is 15.0. The Kier molecular flexibility index (Phi) is 5.94. The van der Waals surface area contributed by atoms with Gasteiger partial charge in [0, 0.05) is 12.5 Å². The number of sulfone groups is 1. The first-order chi connectivity index (χ1) is 13.3. The zero-order valence-electron chi connectivity index (χ0n) is 16.5. The van der Waals surface area contributed by atoms with E-state index < -0.39 is 20.5 Å². The van der Waals surface area contributed by atoms with Crippen molar-refractivity contribution in [1.29, 1.82) is 0 Å². The van der Waals surface area contributed by atoms with E-state index in [-0.39, 0.29) is 17.5 Å². The molecule has 3 atom stereocenters. The molecule has 1 aliphatic carbocycles. The molecule has 6 heteroatoms. The number of aryl methyl sites for hydroxylation is 2. The van der Waals surface area contributed by atoms with Crippen molar-refractivity contribution >= 4 is 27.0 Å². The summed E-state index contributed by atoms with van der Waals surface area (Å²) in [6.07, 6.45) is 0.926. The topological polar surface area (TPSA) is 69.4 Å². The minimum atomic E-state index is -3.63. The van der Waals surface area contributed by atoms with Crippen molar-refractivity contribution < 1.29 is 13.2 Å². The largest absolute Gasteiger partial charge is 0.393 e. The molecule has 28 heavy (non-hydrogen) atoms. The maximum Gasteiger partial charge on any atom is 0.182 e. The van der Waals surface area contributed by atoms with Crippen LogP contribution in [0.1, 0.15) is 36.5 Å². The van der Waals surface area contributed by atoms with E-state index in [1.165, 1.54) is 5.56 Å². The number of rotatable bonds is 8. The SMILES string of the molecule is CCOC[C@@]1(C(N)=S)[C@H](S(=O)(=O)c2ccc(C)cc2)[C@@H]1c1ccc(CC)cc1. The van der Waals surface area contributed by atoms with E-state index >= 15 is 0 Å². The predicted molar refractivity (Wildman–Crippen MR) is 116 cm³/mol. The van der Waals surface area contributed by atoms with Crippen molar-refractivity contribution in [2.45, 2.75) is 43.3 Å². The van der Waals surface area contributed by atoms with Gasteiger partial charge in [0.2, 0.25) is 0 Å². The zero-order valence-corrected chi connectivity index (χ0v) is 18.1. The molecule has 2 N–H and O–H groups in total. The molecule has 2 aromatic carbocycles. The molecular weight excluding hydrogens is 390 g/mol. The minimum Gasteiger partial charge on any atom is -0.393 e. The number of ether oxygens (including phenoxy) is 1. The molecule has 0 spiro atoms. The lowest BCUT2D eigenvalue weighted by molar-refractivity contribution is 0.121. The number of hydrogen-bond acceptors (Lipinski definition) is 4. The molecule has 0 unspecified atom stereocenters. The fourth-order valence-electron chi connectivity index (χ4n) is 3.98. The van der Waals surface area contributed by atoms with Crippen LogP contribution in [-0.2, 0) is 21.0 Å². The molecule has 0 amide bonds. The molecular formula is C22H27NO3S2. The van der Waals surface area contributed by atoms with Crippen molar-refractivity contribution in [1.82, 2.24) is 0 Å². The Morgan fingerprint density at radius 1 is 1.11 bits per heavy atom. The van der Waals surface area contributed by atoms with Crippen LogP contribution in [0.25, 0.3) is 0 Å². The lowest BCUT2D eigenvalue weighted by atomic mass is 9.98. The van der Waals surface area contributed by atoms with Gasteiger partial charge in [0.15, 0.2) is 9.84 Å². The highest BCUT2D eigenvalue weighted by Gasteiger charge is 2.73.